The molecule has 0 aliphatic carbocycles. The van der Waals surface area contributed by atoms with E-state index in [1.54, 1.807) is 0 Å². The number of fused-ring (bicyclic) bond motifs is 1. The molecule has 1 N–H and O–H groups in total. The van der Waals surface area contributed by atoms with Crippen LogP contribution in [0.3, 0.4) is 0 Å². The molecule has 2 nitrogen and oxygen atoms in total. The Balaban J connectivity index is 1.93. The number of rotatable bonds is 5. The van der Waals surface area contributed by atoms with Crippen LogP contribution in [0.2, 0.25) is 0 Å². The topological polar surface area (TPSA) is 24.9 Å². The van der Waals surface area contributed by atoms with Crippen LogP contribution in [0.1, 0.15) is 19.3 Å². The van der Waals surface area contributed by atoms with Crippen molar-refractivity contribution in [1.82, 2.24) is 4.98 Å². The van der Waals surface area contributed by atoms with Crippen LogP contribution in [-0.4, -0.2) is 11.5 Å². The molecule has 86 valence electrons. The highest BCUT2D eigenvalue weighted by molar-refractivity contribution is 5.79. The van der Waals surface area contributed by atoms with Crippen LogP contribution >= 0.6 is 0 Å². The van der Waals surface area contributed by atoms with Gasteiger partial charge in [-0.3, -0.25) is 0 Å². The van der Waals surface area contributed by atoms with Gasteiger partial charge in [0.15, 0.2) is 0 Å². The zero-order chi connectivity index (χ0) is 11.9. The third kappa shape index (κ3) is 3.22. The summed E-state index contributed by atoms with van der Waals surface area (Å²) in [6.45, 7) is 0.924. The zero-order valence-electron chi connectivity index (χ0n) is 9.82. The number of terminal acetylenes is 1. The molecule has 0 bridgehead atoms. The summed E-state index contributed by atoms with van der Waals surface area (Å²) in [5.41, 5.74) is 1.03. The van der Waals surface area contributed by atoms with Gasteiger partial charge in [0.2, 0.25) is 0 Å². The van der Waals surface area contributed by atoms with Gasteiger partial charge in [0, 0.05) is 18.4 Å². The fourth-order valence-electron chi connectivity index (χ4n) is 1.73. The lowest BCUT2D eigenvalue weighted by molar-refractivity contribution is 0.788. The predicted molar refractivity (Wildman–Crippen MR) is 72.9 cm³/mol. The first-order chi connectivity index (χ1) is 8.40. The van der Waals surface area contributed by atoms with E-state index < -0.39 is 0 Å². The van der Waals surface area contributed by atoms with Gasteiger partial charge >= 0.3 is 0 Å². The normalized spacial score (nSPS) is 10.1. The highest BCUT2D eigenvalue weighted by Crippen LogP contribution is 2.14. The number of nitrogens with one attached hydrogen (secondary N) is 1. The molecule has 1 heterocycles. The van der Waals surface area contributed by atoms with E-state index >= 15 is 0 Å². The van der Waals surface area contributed by atoms with Gasteiger partial charge in [0.1, 0.15) is 5.82 Å². The van der Waals surface area contributed by atoms with Crippen LogP contribution in [0, 0.1) is 12.3 Å². The molecule has 2 aromatic rings. The maximum Gasteiger partial charge on any atom is 0.126 e. The van der Waals surface area contributed by atoms with E-state index in [4.69, 9.17) is 6.42 Å². The van der Waals surface area contributed by atoms with E-state index in [2.05, 4.69) is 28.4 Å². The molecular weight excluding hydrogens is 208 g/mol. The maximum absolute atomic E-state index is 5.20. The SMILES string of the molecule is C#CCCCCNc1ccc2ccccc2n1. The standard InChI is InChI=1S/C15H16N2/c1-2-3-4-7-12-16-15-11-10-13-8-5-6-9-14(13)17-15/h1,5-6,8-11H,3-4,7,12H2,(H,16,17). The Labute approximate surface area is 102 Å². The average molecular weight is 224 g/mol. The Hall–Kier alpha value is -2.01. The molecular formula is C15H16N2. The summed E-state index contributed by atoms with van der Waals surface area (Å²) in [6, 6.07) is 12.2. The van der Waals surface area contributed by atoms with E-state index in [1.165, 1.54) is 5.39 Å². The van der Waals surface area contributed by atoms with E-state index in [1.807, 2.05) is 24.3 Å². The van der Waals surface area contributed by atoms with Crippen molar-refractivity contribution in [3.05, 3.63) is 36.4 Å². The van der Waals surface area contributed by atoms with Crippen molar-refractivity contribution in [3.8, 4) is 12.3 Å². The maximum atomic E-state index is 5.20. The molecule has 0 fully saturated rings. The smallest absolute Gasteiger partial charge is 0.126 e. The van der Waals surface area contributed by atoms with Crippen LogP contribution < -0.4 is 5.32 Å². The second-order valence-electron chi connectivity index (χ2n) is 3.98. The van der Waals surface area contributed by atoms with Crippen LogP contribution in [0.5, 0.6) is 0 Å². The summed E-state index contributed by atoms with van der Waals surface area (Å²) in [4.78, 5) is 4.54. The van der Waals surface area contributed by atoms with Crippen LogP contribution in [0.25, 0.3) is 10.9 Å². The Kier molecular flexibility index (Phi) is 3.99. The fourth-order valence-corrected chi connectivity index (χ4v) is 1.73. The zero-order valence-corrected chi connectivity index (χ0v) is 9.82. The summed E-state index contributed by atoms with van der Waals surface area (Å²) >= 11 is 0. The minimum Gasteiger partial charge on any atom is -0.370 e. The monoisotopic (exact) mass is 224 g/mol. The molecule has 2 heteroatoms. The number of unbranched alkanes of at least 4 members (excludes halogenated alkanes) is 2. The first-order valence-electron chi connectivity index (χ1n) is 5.93. The van der Waals surface area contributed by atoms with Crippen molar-refractivity contribution < 1.29 is 0 Å². The lowest BCUT2D eigenvalue weighted by Crippen LogP contribution is -2.02. The van der Waals surface area contributed by atoms with Gasteiger partial charge < -0.3 is 5.32 Å². The number of benzene rings is 1. The van der Waals surface area contributed by atoms with Crippen molar-refractivity contribution in [1.29, 1.82) is 0 Å². The third-order valence-corrected chi connectivity index (χ3v) is 2.65. The molecule has 0 aliphatic rings. The van der Waals surface area contributed by atoms with Gasteiger partial charge in [-0.15, -0.1) is 12.3 Å². The Morgan fingerprint density at radius 1 is 1.12 bits per heavy atom. The molecule has 0 amide bonds. The van der Waals surface area contributed by atoms with Gasteiger partial charge in [-0.25, -0.2) is 4.98 Å². The third-order valence-electron chi connectivity index (χ3n) is 2.65. The highest BCUT2D eigenvalue weighted by atomic mass is 15.0. The summed E-state index contributed by atoms with van der Waals surface area (Å²) in [6.07, 6.45) is 8.20. The summed E-state index contributed by atoms with van der Waals surface area (Å²) in [5, 5.41) is 4.49. The first-order valence-corrected chi connectivity index (χ1v) is 5.93. The Bertz CT molecular complexity index is 526. The van der Waals surface area contributed by atoms with Gasteiger partial charge in [-0.1, -0.05) is 18.2 Å². The quantitative estimate of drug-likeness (QED) is 0.621. The minimum absolute atomic E-state index is 0.854. The van der Waals surface area contributed by atoms with E-state index in [0.717, 1.165) is 37.1 Å². The lowest BCUT2D eigenvalue weighted by atomic mass is 10.2. The van der Waals surface area contributed by atoms with Gasteiger partial charge in [0.05, 0.1) is 5.52 Å². The molecule has 1 aromatic carbocycles. The molecule has 17 heavy (non-hydrogen) atoms. The van der Waals surface area contributed by atoms with Crippen molar-refractivity contribution in [2.75, 3.05) is 11.9 Å². The predicted octanol–water partition coefficient (Wildman–Crippen LogP) is 3.45. The van der Waals surface area contributed by atoms with Crippen molar-refractivity contribution in [2.45, 2.75) is 19.3 Å². The highest BCUT2D eigenvalue weighted by Gasteiger charge is 1.96. The molecule has 0 aliphatic heterocycles. The molecule has 0 atom stereocenters. The average Bonchev–Trinajstić information content (AvgIpc) is 2.38. The molecule has 0 saturated carbocycles. The summed E-state index contributed by atoms with van der Waals surface area (Å²) < 4.78 is 0. The van der Waals surface area contributed by atoms with Crippen LogP contribution in [0.4, 0.5) is 5.82 Å². The molecule has 0 radical (unpaired) electrons. The van der Waals surface area contributed by atoms with Gasteiger partial charge in [-0.05, 0) is 31.0 Å². The largest absolute Gasteiger partial charge is 0.370 e. The second kappa shape index (κ2) is 5.91. The number of para-hydroxylation sites is 1. The summed E-state index contributed by atoms with van der Waals surface area (Å²) in [7, 11) is 0. The van der Waals surface area contributed by atoms with Crippen molar-refractivity contribution >= 4 is 16.7 Å². The number of pyridine rings is 1. The van der Waals surface area contributed by atoms with E-state index in [0.29, 0.717) is 0 Å². The van der Waals surface area contributed by atoms with Crippen molar-refractivity contribution in [2.24, 2.45) is 0 Å². The number of hydrogen-bond acceptors (Lipinski definition) is 2. The van der Waals surface area contributed by atoms with E-state index in [9.17, 15) is 0 Å². The second-order valence-corrected chi connectivity index (χ2v) is 3.98. The Morgan fingerprint density at radius 2 is 2.00 bits per heavy atom. The first kappa shape index (κ1) is 11.5. The number of aromatic nitrogens is 1. The molecule has 0 unspecified atom stereocenters. The fraction of sp³-hybridized carbons (Fsp3) is 0.267. The molecule has 1 aromatic heterocycles. The lowest BCUT2D eigenvalue weighted by Gasteiger charge is -2.05. The minimum atomic E-state index is 0.854. The molecule has 2 rings (SSSR count). The number of nitrogens with zero attached hydrogens (tertiary/aromatic N) is 1. The molecule has 0 saturated heterocycles. The van der Waals surface area contributed by atoms with Crippen LogP contribution in [-0.2, 0) is 0 Å². The number of anilines is 1. The summed E-state index contributed by atoms with van der Waals surface area (Å²) in [5.74, 6) is 3.58. The van der Waals surface area contributed by atoms with E-state index in [-0.39, 0.29) is 0 Å². The van der Waals surface area contributed by atoms with Crippen molar-refractivity contribution in [3.63, 3.8) is 0 Å². The van der Waals surface area contributed by atoms with Crippen LogP contribution in [0.15, 0.2) is 36.4 Å². The van der Waals surface area contributed by atoms with Gasteiger partial charge in [-0.2, -0.15) is 0 Å². The van der Waals surface area contributed by atoms with Gasteiger partial charge in [0.25, 0.3) is 0 Å². The molecule has 0 spiro atoms. The number of hydrogen-bond donors (Lipinski definition) is 1. The Morgan fingerprint density at radius 3 is 2.88 bits per heavy atom.